The summed E-state index contributed by atoms with van der Waals surface area (Å²) in [6.07, 6.45) is 2.58. The number of nitrogens with one attached hydrogen (secondary N) is 1. The summed E-state index contributed by atoms with van der Waals surface area (Å²) < 4.78 is 0. The van der Waals surface area contributed by atoms with Crippen molar-refractivity contribution >= 4 is 5.91 Å². The van der Waals surface area contributed by atoms with Crippen molar-refractivity contribution in [3.63, 3.8) is 0 Å². The lowest BCUT2D eigenvalue weighted by molar-refractivity contribution is -0.119. The van der Waals surface area contributed by atoms with E-state index in [-0.39, 0.29) is 5.91 Å². The summed E-state index contributed by atoms with van der Waals surface area (Å²) in [6.45, 7) is 0.672. The Morgan fingerprint density at radius 3 is 3.00 bits per heavy atom. The molecule has 0 saturated carbocycles. The number of rotatable bonds is 2. The number of hydrogen-bond acceptors (Lipinski definition) is 2. The van der Waals surface area contributed by atoms with Gasteiger partial charge in [0.25, 0.3) is 0 Å². The van der Waals surface area contributed by atoms with Crippen LogP contribution in [0.2, 0.25) is 0 Å². The van der Waals surface area contributed by atoms with E-state index >= 15 is 0 Å². The fourth-order valence-electron chi connectivity index (χ4n) is 1.10. The lowest BCUT2D eigenvalue weighted by Crippen LogP contribution is -2.27. The molecule has 0 aliphatic carbocycles. The Kier molecular flexibility index (Phi) is 2.05. The van der Waals surface area contributed by atoms with Crippen LogP contribution in [0.5, 0.6) is 0 Å². The Morgan fingerprint density at radius 1 is 1.78 bits per heavy atom. The standard InChI is InChI=1S/C6H12N2O/c7-4-3-5-1-2-6(9)8-5/h5H,1-4,7H2,(H,8,9). The number of amides is 1. The number of hydrogen-bond donors (Lipinski definition) is 2. The van der Waals surface area contributed by atoms with E-state index in [2.05, 4.69) is 5.32 Å². The fraction of sp³-hybridized carbons (Fsp3) is 0.833. The van der Waals surface area contributed by atoms with Crippen molar-refractivity contribution in [3.8, 4) is 0 Å². The average Bonchev–Trinajstić information content (AvgIpc) is 2.17. The molecule has 0 spiro atoms. The van der Waals surface area contributed by atoms with Crippen molar-refractivity contribution in [2.75, 3.05) is 6.54 Å². The lowest BCUT2D eigenvalue weighted by atomic mass is 10.2. The topological polar surface area (TPSA) is 55.1 Å². The fourth-order valence-corrected chi connectivity index (χ4v) is 1.10. The lowest BCUT2D eigenvalue weighted by Gasteiger charge is -2.05. The highest BCUT2D eigenvalue weighted by atomic mass is 16.1. The van der Waals surface area contributed by atoms with Crippen molar-refractivity contribution in [1.82, 2.24) is 5.32 Å². The first-order chi connectivity index (χ1) is 4.33. The van der Waals surface area contributed by atoms with Crippen LogP contribution in [0, 0.1) is 0 Å². The van der Waals surface area contributed by atoms with Crippen LogP contribution in [0.4, 0.5) is 0 Å². The maximum absolute atomic E-state index is 10.6. The van der Waals surface area contributed by atoms with Crippen LogP contribution < -0.4 is 11.1 Å². The molecule has 1 aliphatic heterocycles. The van der Waals surface area contributed by atoms with Crippen LogP contribution in [0.1, 0.15) is 19.3 Å². The van der Waals surface area contributed by atoms with Crippen molar-refractivity contribution in [2.45, 2.75) is 25.3 Å². The van der Waals surface area contributed by atoms with Gasteiger partial charge in [0.2, 0.25) is 5.91 Å². The second kappa shape index (κ2) is 2.82. The molecule has 1 fully saturated rings. The Labute approximate surface area is 54.6 Å². The van der Waals surface area contributed by atoms with Gasteiger partial charge >= 0.3 is 0 Å². The van der Waals surface area contributed by atoms with Gasteiger partial charge in [-0.05, 0) is 19.4 Å². The maximum Gasteiger partial charge on any atom is 0.220 e. The van der Waals surface area contributed by atoms with E-state index in [4.69, 9.17) is 5.73 Å². The molecule has 0 bridgehead atoms. The Bertz CT molecular complexity index is 114. The van der Waals surface area contributed by atoms with Crippen LogP contribution in [-0.4, -0.2) is 18.5 Å². The molecule has 3 N–H and O–H groups in total. The van der Waals surface area contributed by atoms with Crippen LogP contribution in [0.15, 0.2) is 0 Å². The van der Waals surface area contributed by atoms with E-state index in [1.54, 1.807) is 0 Å². The smallest absolute Gasteiger partial charge is 0.220 e. The molecule has 1 heterocycles. The molecule has 52 valence electrons. The quantitative estimate of drug-likeness (QED) is 0.532. The highest BCUT2D eigenvalue weighted by molar-refractivity contribution is 5.78. The van der Waals surface area contributed by atoms with Gasteiger partial charge in [0.1, 0.15) is 0 Å². The highest BCUT2D eigenvalue weighted by Crippen LogP contribution is 2.08. The molecule has 0 aromatic heterocycles. The Hall–Kier alpha value is -0.570. The van der Waals surface area contributed by atoms with Gasteiger partial charge in [-0.3, -0.25) is 4.79 Å². The molecule has 0 aromatic carbocycles. The molecular weight excluding hydrogens is 116 g/mol. The number of carbonyl (C=O) groups excluding carboxylic acids is 1. The van der Waals surface area contributed by atoms with E-state index in [0.717, 1.165) is 12.8 Å². The number of carbonyl (C=O) groups is 1. The Morgan fingerprint density at radius 2 is 2.56 bits per heavy atom. The maximum atomic E-state index is 10.6. The number of nitrogens with two attached hydrogens (primary N) is 1. The molecule has 1 rings (SSSR count). The minimum absolute atomic E-state index is 0.174. The highest BCUT2D eigenvalue weighted by Gasteiger charge is 2.18. The minimum atomic E-state index is 0.174. The molecule has 3 heteroatoms. The predicted molar refractivity (Wildman–Crippen MR) is 34.8 cm³/mol. The summed E-state index contributed by atoms with van der Waals surface area (Å²) in [4.78, 5) is 10.6. The summed E-state index contributed by atoms with van der Waals surface area (Å²) >= 11 is 0. The molecule has 0 aromatic rings. The zero-order valence-corrected chi connectivity index (χ0v) is 5.39. The average molecular weight is 128 g/mol. The molecule has 1 atom stereocenters. The van der Waals surface area contributed by atoms with Gasteiger partial charge < -0.3 is 11.1 Å². The van der Waals surface area contributed by atoms with Gasteiger partial charge in [0.05, 0.1) is 0 Å². The van der Waals surface area contributed by atoms with Gasteiger partial charge in [0.15, 0.2) is 0 Å². The van der Waals surface area contributed by atoms with Crippen molar-refractivity contribution in [2.24, 2.45) is 5.73 Å². The largest absolute Gasteiger partial charge is 0.353 e. The van der Waals surface area contributed by atoms with Gasteiger partial charge in [-0.15, -0.1) is 0 Å². The van der Waals surface area contributed by atoms with Crippen LogP contribution in [0.25, 0.3) is 0 Å². The minimum Gasteiger partial charge on any atom is -0.353 e. The van der Waals surface area contributed by atoms with E-state index in [1.807, 2.05) is 0 Å². The SMILES string of the molecule is NCCC1CCC(=O)N1. The second-order valence-corrected chi connectivity index (χ2v) is 2.38. The van der Waals surface area contributed by atoms with E-state index in [9.17, 15) is 4.79 Å². The van der Waals surface area contributed by atoms with Gasteiger partial charge in [0, 0.05) is 12.5 Å². The van der Waals surface area contributed by atoms with Crippen LogP contribution in [0.3, 0.4) is 0 Å². The third kappa shape index (κ3) is 1.68. The molecule has 1 saturated heterocycles. The summed E-state index contributed by atoms with van der Waals surface area (Å²) in [7, 11) is 0. The first-order valence-electron chi connectivity index (χ1n) is 3.32. The zero-order valence-electron chi connectivity index (χ0n) is 5.39. The normalized spacial score (nSPS) is 26.3. The summed E-state index contributed by atoms with van der Waals surface area (Å²) in [5.74, 6) is 0.174. The zero-order chi connectivity index (χ0) is 6.69. The summed E-state index contributed by atoms with van der Waals surface area (Å²) in [5, 5.41) is 2.84. The summed E-state index contributed by atoms with van der Waals surface area (Å²) in [5.41, 5.74) is 5.30. The third-order valence-electron chi connectivity index (χ3n) is 1.60. The molecule has 3 nitrogen and oxygen atoms in total. The van der Waals surface area contributed by atoms with Crippen LogP contribution >= 0.6 is 0 Å². The predicted octanol–water partition coefficient (Wildman–Crippen LogP) is -0.386. The van der Waals surface area contributed by atoms with Gasteiger partial charge in [-0.1, -0.05) is 0 Å². The molecule has 0 radical (unpaired) electrons. The molecule has 1 aliphatic rings. The van der Waals surface area contributed by atoms with Crippen molar-refractivity contribution in [3.05, 3.63) is 0 Å². The van der Waals surface area contributed by atoms with E-state index < -0.39 is 0 Å². The van der Waals surface area contributed by atoms with E-state index in [1.165, 1.54) is 0 Å². The van der Waals surface area contributed by atoms with Crippen molar-refractivity contribution < 1.29 is 4.79 Å². The molecule has 1 amide bonds. The van der Waals surface area contributed by atoms with E-state index in [0.29, 0.717) is 19.0 Å². The molecule has 1 unspecified atom stereocenters. The van der Waals surface area contributed by atoms with Crippen LogP contribution in [-0.2, 0) is 4.79 Å². The third-order valence-corrected chi connectivity index (χ3v) is 1.60. The first kappa shape index (κ1) is 6.55. The molecular formula is C6H12N2O. The van der Waals surface area contributed by atoms with Crippen molar-refractivity contribution in [1.29, 1.82) is 0 Å². The second-order valence-electron chi connectivity index (χ2n) is 2.38. The summed E-state index contributed by atoms with van der Waals surface area (Å²) in [6, 6.07) is 0.363. The first-order valence-corrected chi connectivity index (χ1v) is 3.32. The Balaban J connectivity index is 2.22. The monoisotopic (exact) mass is 128 g/mol. The molecule has 9 heavy (non-hydrogen) atoms. The van der Waals surface area contributed by atoms with Gasteiger partial charge in [-0.2, -0.15) is 0 Å². The van der Waals surface area contributed by atoms with Gasteiger partial charge in [-0.25, -0.2) is 0 Å².